The molecule has 1 aliphatic rings. The molecule has 1 fully saturated rings. The van der Waals surface area contributed by atoms with Crippen molar-refractivity contribution in [2.45, 2.75) is 33.1 Å². The van der Waals surface area contributed by atoms with Gasteiger partial charge in [-0.2, -0.15) is 5.10 Å². The van der Waals surface area contributed by atoms with E-state index in [4.69, 9.17) is 0 Å². The van der Waals surface area contributed by atoms with E-state index in [-0.39, 0.29) is 11.6 Å². The third kappa shape index (κ3) is 2.50. The van der Waals surface area contributed by atoms with Gasteiger partial charge in [-0.05, 0) is 36.8 Å². The maximum atomic E-state index is 12.8. The third-order valence-electron chi connectivity index (χ3n) is 4.64. The zero-order valence-electron chi connectivity index (χ0n) is 12.5. The normalized spacial score (nSPS) is 22.9. The van der Waals surface area contributed by atoms with Crippen LogP contribution in [0.3, 0.4) is 0 Å². The summed E-state index contributed by atoms with van der Waals surface area (Å²) in [5.74, 6) is 0.508. The van der Waals surface area contributed by atoms with E-state index in [9.17, 15) is 9.59 Å². The van der Waals surface area contributed by atoms with Gasteiger partial charge in [-0.15, -0.1) is 0 Å². The fourth-order valence-electron chi connectivity index (χ4n) is 3.22. The molecular formula is C17H20N2O2. The van der Waals surface area contributed by atoms with E-state index in [0.717, 1.165) is 11.9 Å². The number of fused-ring (bicyclic) bond motifs is 1. The number of pyridine rings is 1. The predicted octanol–water partition coefficient (Wildman–Crippen LogP) is 3.16. The lowest BCUT2D eigenvalue weighted by molar-refractivity contribution is -0.124. The number of ketones is 2. The SMILES string of the molecule is CC(C)C1CCC(=O)C(C(=O)c2cnn3ccccc23)C1. The number of carbonyl (C=O) groups excluding carboxylic acids is 2. The van der Waals surface area contributed by atoms with E-state index in [1.54, 1.807) is 10.7 Å². The van der Waals surface area contributed by atoms with Crippen LogP contribution in [0.15, 0.2) is 30.6 Å². The molecule has 3 rings (SSSR count). The zero-order chi connectivity index (χ0) is 15.0. The minimum absolute atomic E-state index is 0.0634. The molecule has 2 heterocycles. The summed E-state index contributed by atoms with van der Waals surface area (Å²) in [6.07, 6.45) is 5.52. The van der Waals surface area contributed by atoms with Gasteiger partial charge in [-0.25, -0.2) is 4.52 Å². The Balaban J connectivity index is 1.91. The van der Waals surface area contributed by atoms with Crippen molar-refractivity contribution in [3.63, 3.8) is 0 Å². The summed E-state index contributed by atoms with van der Waals surface area (Å²) < 4.78 is 1.68. The molecule has 4 nitrogen and oxygen atoms in total. The van der Waals surface area contributed by atoms with Crippen molar-refractivity contribution < 1.29 is 9.59 Å². The predicted molar refractivity (Wildman–Crippen MR) is 80.2 cm³/mol. The van der Waals surface area contributed by atoms with Gasteiger partial charge < -0.3 is 0 Å². The Hall–Kier alpha value is -1.97. The second kappa shape index (κ2) is 5.43. The van der Waals surface area contributed by atoms with E-state index in [1.807, 2.05) is 24.4 Å². The summed E-state index contributed by atoms with van der Waals surface area (Å²) in [6, 6.07) is 5.62. The van der Waals surface area contributed by atoms with Gasteiger partial charge in [0.05, 0.1) is 23.2 Å². The van der Waals surface area contributed by atoms with Crippen LogP contribution in [0, 0.1) is 17.8 Å². The molecular weight excluding hydrogens is 264 g/mol. The molecule has 2 unspecified atom stereocenters. The topological polar surface area (TPSA) is 51.4 Å². The van der Waals surface area contributed by atoms with Gasteiger partial charge in [-0.1, -0.05) is 19.9 Å². The lowest BCUT2D eigenvalue weighted by Crippen LogP contribution is -2.33. The Labute approximate surface area is 124 Å². The molecule has 0 spiro atoms. The lowest BCUT2D eigenvalue weighted by Gasteiger charge is -2.29. The molecule has 0 aromatic carbocycles. The summed E-state index contributed by atoms with van der Waals surface area (Å²) in [7, 11) is 0. The lowest BCUT2D eigenvalue weighted by atomic mass is 9.73. The van der Waals surface area contributed by atoms with Crippen LogP contribution in [0.1, 0.15) is 43.5 Å². The Morgan fingerprint density at radius 3 is 2.95 bits per heavy atom. The van der Waals surface area contributed by atoms with Gasteiger partial charge in [0.2, 0.25) is 0 Å². The Morgan fingerprint density at radius 1 is 1.38 bits per heavy atom. The summed E-state index contributed by atoms with van der Waals surface area (Å²) in [5, 5.41) is 4.20. The van der Waals surface area contributed by atoms with Crippen molar-refractivity contribution in [2.75, 3.05) is 0 Å². The largest absolute Gasteiger partial charge is 0.299 e. The van der Waals surface area contributed by atoms with Gasteiger partial charge in [0.15, 0.2) is 5.78 Å². The quantitative estimate of drug-likeness (QED) is 0.642. The first kappa shape index (κ1) is 14.0. The second-order valence-electron chi connectivity index (χ2n) is 6.25. The monoisotopic (exact) mass is 284 g/mol. The Morgan fingerprint density at radius 2 is 2.19 bits per heavy atom. The number of hydrogen-bond acceptors (Lipinski definition) is 3. The summed E-state index contributed by atoms with van der Waals surface area (Å²) in [4.78, 5) is 25.0. The first-order valence-corrected chi connectivity index (χ1v) is 7.57. The van der Waals surface area contributed by atoms with Crippen molar-refractivity contribution in [2.24, 2.45) is 17.8 Å². The summed E-state index contributed by atoms with van der Waals surface area (Å²) in [6.45, 7) is 4.33. The van der Waals surface area contributed by atoms with E-state index < -0.39 is 5.92 Å². The van der Waals surface area contributed by atoms with Gasteiger partial charge in [0.1, 0.15) is 5.78 Å². The van der Waals surface area contributed by atoms with E-state index in [1.165, 1.54) is 0 Å². The van der Waals surface area contributed by atoms with Gasteiger partial charge in [0.25, 0.3) is 0 Å². The van der Waals surface area contributed by atoms with Gasteiger partial charge in [0, 0.05) is 12.6 Å². The van der Waals surface area contributed by atoms with E-state index in [0.29, 0.717) is 30.2 Å². The molecule has 1 saturated carbocycles. The Bertz CT molecular complexity index is 687. The van der Waals surface area contributed by atoms with Crippen LogP contribution in [0.5, 0.6) is 0 Å². The maximum Gasteiger partial charge on any atom is 0.177 e. The number of rotatable bonds is 3. The Kier molecular flexibility index (Phi) is 3.62. The zero-order valence-corrected chi connectivity index (χ0v) is 12.5. The highest BCUT2D eigenvalue weighted by Crippen LogP contribution is 2.33. The molecule has 2 atom stereocenters. The molecule has 21 heavy (non-hydrogen) atoms. The molecule has 4 heteroatoms. The average molecular weight is 284 g/mol. The maximum absolute atomic E-state index is 12.8. The molecule has 0 aliphatic heterocycles. The van der Waals surface area contributed by atoms with Crippen LogP contribution < -0.4 is 0 Å². The smallest absolute Gasteiger partial charge is 0.177 e. The number of carbonyl (C=O) groups is 2. The first-order valence-electron chi connectivity index (χ1n) is 7.57. The van der Waals surface area contributed by atoms with Crippen LogP contribution >= 0.6 is 0 Å². The molecule has 2 aromatic heterocycles. The molecule has 0 saturated heterocycles. The van der Waals surface area contributed by atoms with Crippen molar-refractivity contribution in [1.29, 1.82) is 0 Å². The highest BCUT2D eigenvalue weighted by Gasteiger charge is 2.36. The van der Waals surface area contributed by atoms with Crippen LogP contribution in [-0.2, 0) is 4.79 Å². The molecule has 0 N–H and O–H groups in total. The molecule has 2 aromatic rings. The first-order chi connectivity index (χ1) is 10.1. The molecule has 0 radical (unpaired) electrons. The van der Waals surface area contributed by atoms with Crippen LogP contribution in [0.4, 0.5) is 0 Å². The highest BCUT2D eigenvalue weighted by molar-refractivity contribution is 6.13. The van der Waals surface area contributed by atoms with E-state index in [2.05, 4.69) is 18.9 Å². The molecule has 1 aliphatic carbocycles. The van der Waals surface area contributed by atoms with E-state index >= 15 is 0 Å². The molecule has 0 bridgehead atoms. The number of Topliss-reactive ketones (excluding diaryl/α,β-unsaturated/α-hetero) is 2. The summed E-state index contributed by atoms with van der Waals surface area (Å²) in [5.41, 5.74) is 1.35. The minimum Gasteiger partial charge on any atom is -0.299 e. The standard InChI is InChI=1S/C17H20N2O2/c1-11(2)12-6-7-16(20)13(9-12)17(21)14-10-18-19-8-4-3-5-15(14)19/h3-5,8,10-13H,6-7,9H2,1-2H3. The van der Waals surface area contributed by atoms with Crippen molar-refractivity contribution in [1.82, 2.24) is 9.61 Å². The molecule has 110 valence electrons. The van der Waals surface area contributed by atoms with Crippen LogP contribution in [0.2, 0.25) is 0 Å². The number of hydrogen-bond donors (Lipinski definition) is 0. The number of nitrogens with zero attached hydrogens (tertiary/aromatic N) is 2. The third-order valence-corrected chi connectivity index (χ3v) is 4.64. The van der Waals surface area contributed by atoms with Gasteiger partial charge in [-0.3, -0.25) is 9.59 Å². The fourth-order valence-corrected chi connectivity index (χ4v) is 3.22. The highest BCUT2D eigenvalue weighted by atomic mass is 16.2. The minimum atomic E-state index is -0.487. The number of aromatic nitrogens is 2. The molecule has 0 amide bonds. The van der Waals surface area contributed by atoms with Crippen molar-refractivity contribution >= 4 is 17.1 Å². The van der Waals surface area contributed by atoms with Gasteiger partial charge >= 0.3 is 0 Å². The van der Waals surface area contributed by atoms with Crippen molar-refractivity contribution in [3.8, 4) is 0 Å². The fraction of sp³-hybridized carbons (Fsp3) is 0.471. The van der Waals surface area contributed by atoms with Crippen molar-refractivity contribution in [3.05, 3.63) is 36.2 Å². The summed E-state index contributed by atoms with van der Waals surface area (Å²) >= 11 is 0. The van der Waals surface area contributed by atoms with Crippen LogP contribution in [-0.4, -0.2) is 21.2 Å². The average Bonchev–Trinajstić information content (AvgIpc) is 2.90. The van der Waals surface area contributed by atoms with Crippen LogP contribution in [0.25, 0.3) is 5.52 Å². The second-order valence-corrected chi connectivity index (χ2v) is 6.25.